The zero-order valence-corrected chi connectivity index (χ0v) is 8.41. The number of ether oxygens (including phenoxy) is 1. The molecule has 5 heteroatoms. The predicted octanol–water partition coefficient (Wildman–Crippen LogP) is -1.61. The lowest BCUT2D eigenvalue weighted by Crippen LogP contribution is -2.96. The first-order chi connectivity index (χ1) is 6.74. The number of quaternary nitrogens is 1. The van der Waals surface area contributed by atoms with Crippen molar-refractivity contribution in [2.24, 2.45) is 0 Å². The maximum absolute atomic E-state index is 11.3. The summed E-state index contributed by atoms with van der Waals surface area (Å²) in [7, 11) is 0. The molecule has 3 N–H and O–H groups in total. The van der Waals surface area contributed by atoms with E-state index in [1.54, 1.807) is 0 Å². The summed E-state index contributed by atoms with van der Waals surface area (Å²) in [6, 6.07) is -0.298. The molecule has 0 unspecified atom stereocenters. The maximum Gasteiger partial charge on any atom is 0.312 e. The highest BCUT2D eigenvalue weighted by atomic mass is 16.5. The molecule has 0 spiro atoms. The number of carbonyl (C=O) groups excluding carboxylic acids is 2. The first kappa shape index (κ1) is 11.0. The number of piperazine rings is 1. The van der Waals surface area contributed by atoms with E-state index in [9.17, 15) is 9.59 Å². The van der Waals surface area contributed by atoms with E-state index in [0.29, 0.717) is 13.2 Å². The second kappa shape index (κ2) is 5.59. The first-order valence-electron chi connectivity index (χ1n) is 5.00. The van der Waals surface area contributed by atoms with Crippen molar-refractivity contribution in [1.29, 1.82) is 0 Å². The molecule has 1 rings (SSSR count). The Balaban J connectivity index is 2.27. The minimum atomic E-state index is -0.298. The fourth-order valence-electron chi connectivity index (χ4n) is 1.35. The number of nitrogens with two attached hydrogens (primary N) is 1. The molecule has 0 aromatic rings. The molecule has 1 heterocycles. The van der Waals surface area contributed by atoms with E-state index in [0.717, 1.165) is 13.0 Å². The van der Waals surface area contributed by atoms with Crippen LogP contribution in [-0.4, -0.2) is 37.6 Å². The zero-order chi connectivity index (χ0) is 10.4. The van der Waals surface area contributed by atoms with E-state index in [-0.39, 0.29) is 24.3 Å². The highest BCUT2D eigenvalue weighted by Gasteiger charge is 2.28. The van der Waals surface area contributed by atoms with Crippen molar-refractivity contribution in [2.75, 3.05) is 19.7 Å². The Morgan fingerprint density at radius 3 is 3.14 bits per heavy atom. The van der Waals surface area contributed by atoms with Crippen molar-refractivity contribution < 1.29 is 19.6 Å². The lowest BCUT2D eigenvalue weighted by molar-refractivity contribution is -0.678. The minimum Gasteiger partial charge on any atom is -0.466 e. The molecular weight excluding hydrogens is 184 g/mol. The van der Waals surface area contributed by atoms with Gasteiger partial charge in [0.25, 0.3) is 5.91 Å². The van der Waals surface area contributed by atoms with Crippen LogP contribution < -0.4 is 10.6 Å². The summed E-state index contributed by atoms with van der Waals surface area (Å²) in [6.45, 7) is 3.89. The molecule has 1 amide bonds. The maximum atomic E-state index is 11.3. The number of amides is 1. The predicted molar refractivity (Wildman–Crippen MR) is 49.5 cm³/mol. The van der Waals surface area contributed by atoms with Crippen LogP contribution in [0.2, 0.25) is 0 Å². The van der Waals surface area contributed by atoms with Crippen LogP contribution in [0.5, 0.6) is 0 Å². The summed E-state index contributed by atoms with van der Waals surface area (Å²) >= 11 is 0. The highest BCUT2D eigenvalue weighted by Crippen LogP contribution is 1.94. The van der Waals surface area contributed by atoms with Crippen LogP contribution in [0.3, 0.4) is 0 Å². The third-order valence-electron chi connectivity index (χ3n) is 2.09. The van der Waals surface area contributed by atoms with Crippen LogP contribution in [-0.2, 0) is 14.3 Å². The molecule has 0 aliphatic carbocycles. The SMILES string of the molecule is CCCOC(=O)C[C@H]1[NH2+]CCNC1=O. The Morgan fingerprint density at radius 1 is 1.71 bits per heavy atom. The quantitative estimate of drug-likeness (QED) is 0.538. The lowest BCUT2D eigenvalue weighted by atomic mass is 10.1. The normalized spacial score (nSPS) is 21.5. The van der Waals surface area contributed by atoms with Gasteiger partial charge in [0.1, 0.15) is 6.42 Å². The number of rotatable bonds is 4. The summed E-state index contributed by atoms with van der Waals surface area (Å²) in [4.78, 5) is 22.4. The molecule has 14 heavy (non-hydrogen) atoms. The van der Waals surface area contributed by atoms with E-state index >= 15 is 0 Å². The largest absolute Gasteiger partial charge is 0.466 e. The molecule has 1 atom stereocenters. The van der Waals surface area contributed by atoms with Crippen molar-refractivity contribution in [2.45, 2.75) is 25.8 Å². The number of nitrogens with one attached hydrogen (secondary N) is 1. The van der Waals surface area contributed by atoms with Gasteiger partial charge in [0.15, 0.2) is 6.04 Å². The van der Waals surface area contributed by atoms with Crippen molar-refractivity contribution in [3.8, 4) is 0 Å². The molecule has 0 radical (unpaired) electrons. The van der Waals surface area contributed by atoms with Crippen molar-refractivity contribution in [3.05, 3.63) is 0 Å². The fourth-order valence-corrected chi connectivity index (χ4v) is 1.35. The number of hydrogen-bond acceptors (Lipinski definition) is 3. The van der Waals surface area contributed by atoms with Gasteiger partial charge in [-0.25, -0.2) is 0 Å². The van der Waals surface area contributed by atoms with Gasteiger partial charge in [-0.05, 0) is 6.42 Å². The summed E-state index contributed by atoms with van der Waals surface area (Å²) in [5.74, 6) is -0.352. The van der Waals surface area contributed by atoms with Crippen LogP contribution >= 0.6 is 0 Å². The Kier molecular flexibility index (Phi) is 4.39. The van der Waals surface area contributed by atoms with Gasteiger partial charge in [-0.2, -0.15) is 0 Å². The Morgan fingerprint density at radius 2 is 2.50 bits per heavy atom. The van der Waals surface area contributed by atoms with Crippen molar-refractivity contribution in [3.63, 3.8) is 0 Å². The Bertz CT molecular complexity index is 218. The second-order valence-electron chi connectivity index (χ2n) is 3.35. The molecular formula is C9H17N2O3+. The summed E-state index contributed by atoms with van der Waals surface area (Å²) in [6.07, 6.45) is 0.984. The van der Waals surface area contributed by atoms with Crippen LogP contribution in [0.4, 0.5) is 0 Å². The average Bonchev–Trinajstić information content (AvgIpc) is 2.18. The van der Waals surface area contributed by atoms with Crippen LogP contribution in [0.1, 0.15) is 19.8 Å². The molecule has 0 saturated carbocycles. The number of hydrogen-bond donors (Lipinski definition) is 2. The van der Waals surface area contributed by atoms with Gasteiger partial charge in [-0.15, -0.1) is 0 Å². The molecule has 1 aliphatic heterocycles. The van der Waals surface area contributed by atoms with Crippen molar-refractivity contribution >= 4 is 11.9 Å². The van der Waals surface area contributed by atoms with E-state index in [1.807, 2.05) is 12.2 Å². The van der Waals surface area contributed by atoms with E-state index in [4.69, 9.17) is 4.74 Å². The molecule has 1 fully saturated rings. The molecule has 1 aliphatic rings. The highest BCUT2D eigenvalue weighted by molar-refractivity contribution is 5.85. The average molecular weight is 201 g/mol. The lowest BCUT2D eigenvalue weighted by Gasteiger charge is -2.19. The smallest absolute Gasteiger partial charge is 0.312 e. The molecule has 5 nitrogen and oxygen atoms in total. The zero-order valence-electron chi connectivity index (χ0n) is 8.41. The Hall–Kier alpha value is -1.10. The van der Waals surface area contributed by atoms with Gasteiger partial charge >= 0.3 is 5.97 Å². The summed E-state index contributed by atoms with van der Waals surface area (Å²) in [5.41, 5.74) is 0. The van der Waals surface area contributed by atoms with Crippen LogP contribution in [0, 0.1) is 0 Å². The number of carbonyl (C=O) groups is 2. The standard InChI is InChI=1S/C9H16N2O3/c1-2-5-14-8(12)6-7-9(13)11-4-3-10-7/h7,10H,2-6H2,1H3,(H,11,13)/p+1/t7-/m1/s1. The monoisotopic (exact) mass is 201 g/mol. The molecule has 0 bridgehead atoms. The third-order valence-corrected chi connectivity index (χ3v) is 2.09. The molecule has 0 aromatic heterocycles. The number of esters is 1. The molecule has 80 valence electrons. The topological polar surface area (TPSA) is 72.0 Å². The van der Waals surface area contributed by atoms with Crippen LogP contribution in [0.15, 0.2) is 0 Å². The second-order valence-corrected chi connectivity index (χ2v) is 3.35. The van der Waals surface area contributed by atoms with Gasteiger partial charge < -0.3 is 15.4 Å². The fraction of sp³-hybridized carbons (Fsp3) is 0.778. The van der Waals surface area contributed by atoms with Crippen LogP contribution in [0.25, 0.3) is 0 Å². The summed E-state index contributed by atoms with van der Waals surface area (Å²) in [5, 5.41) is 4.60. The third kappa shape index (κ3) is 3.33. The molecule has 1 saturated heterocycles. The van der Waals surface area contributed by atoms with Gasteiger partial charge in [0, 0.05) is 0 Å². The van der Waals surface area contributed by atoms with Crippen molar-refractivity contribution in [1.82, 2.24) is 5.32 Å². The summed E-state index contributed by atoms with van der Waals surface area (Å²) < 4.78 is 4.90. The minimum absolute atomic E-state index is 0.0651. The van der Waals surface area contributed by atoms with Gasteiger partial charge in [-0.1, -0.05) is 6.92 Å². The van der Waals surface area contributed by atoms with Gasteiger partial charge in [0.2, 0.25) is 0 Å². The van der Waals surface area contributed by atoms with E-state index in [2.05, 4.69) is 5.32 Å². The van der Waals surface area contributed by atoms with E-state index in [1.165, 1.54) is 0 Å². The van der Waals surface area contributed by atoms with Gasteiger partial charge in [0.05, 0.1) is 19.7 Å². The first-order valence-corrected chi connectivity index (χ1v) is 5.00. The Labute approximate surface area is 83.2 Å². The van der Waals surface area contributed by atoms with Gasteiger partial charge in [-0.3, -0.25) is 9.59 Å². The molecule has 0 aromatic carbocycles. The van der Waals surface area contributed by atoms with E-state index < -0.39 is 0 Å².